The molecule has 6 nitrogen and oxygen atoms in total. The first-order chi connectivity index (χ1) is 38.0. The Morgan fingerprint density at radius 3 is 0.818 bits per heavy atom. The van der Waals surface area contributed by atoms with Gasteiger partial charge in [-0.3, -0.25) is 14.4 Å². The molecule has 0 spiro atoms. The highest BCUT2D eigenvalue weighted by Gasteiger charge is 2.19. The third-order valence-corrected chi connectivity index (χ3v) is 14.0. The van der Waals surface area contributed by atoms with E-state index in [0.29, 0.717) is 19.3 Å². The maximum atomic E-state index is 12.9. The number of rotatable bonds is 59. The highest BCUT2D eigenvalue weighted by atomic mass is 16.6. The zero-order valence-corrected chi connectivity index (χ0v) is 50.7. The molecule has 0 amide bonds. The number of allylic oxidation sites excluding steroid dienone is 16. The van der Waals surface area contributed by atoms with Crippen molar-refractivity contribution in [2.75, 3.05) is 13.2 Å². The molecule has 0 radical (unpaired) electrons. The molecule has 0 aromatic rings. The molecule has 442 valence electrons. The van der Waals surface area contributed by atoms with Crippen molar-refractivity contribution in [1.82, 2.24) is 0 Å². The molecule has 0 saturated carbocycles. The van der Waals surface area contributed by atoms with Crippen LogP contribution in [0.15, 0.2) is 97.2 Å². The van der Waals surface area contributed by atoms with Gasteiger partial charge in [-0.15, -0.1) is 0 Å². The molecule has 0 N–H and O–H groups in total. The average Bonchev–Trinajstić information content (AvgIpc) is 3.43. The van der Waals surface area contributed by atoms with Gasteiger partial charge in [0.2, 0.25) is 0 Å². The van der Waals surface area contributed by atoms with Crippen molar-refractivity contribution >= 4 is 17.9 Å². The minimum atomic E-state index is -0.790. The number of unbranched alkanes of at least 4 members (excludes halogenated alkanes) is 32. The quantitative estimate of drug-likeness (QED) is 0.0261. The zero-order valence-electron chi connectivity index (χ0n) is 50.7. The van der Waals surface area contributed by atoms with Crippen LogP contribution in [-0.2, 0) is 28.6 Å². The lowest BCUT2D eigenvalue weighted by Gasteiger charge is -2.18. The largest absolute Gasteiger partial charge is 0.462 e. The van der Waals surface area contributed by atoms with Crippen LogP contribution in [0.1, 0.15) is 316 Å². The minimum absolute atomic E-state index is 0.0863. The van der Waals surface area contributed by atoms with Crippen molar-refractivity contribution in [3.8, 4) is 0 Å². The molecule has 1 unspecified atom stereocenters. The predicted molar refractivity (Wildman–Crippen MR) is 334 cm³/mol. The molecule has 0 rings (SSSR count). The van der Waals surface area contributed by atoms with Crippen molar-refractivity contribution in [3.63, 3.8) is 0 Å². The Hall–Kier alpha value is -3.67. The van der Waals surface area contributed by atoms with E-state index in [9.17, 15) is 14.4 Å². The van der Waals surface area contributed by atoms with Crippen LogP contribution in [0.3, 0.4) is 0 Å². The Morgan fingerprint density at radius 2 is 0.506 bits per heavy atom. The molecule has 0 bridgehead atoms. The Labute approximate surface area is 477 Å². The van der Waals surface area contributed by atoms with Crippen LogP contribution in [0.4, 0.5) is 0 Å². The normalized spacial score (nSPS) is 12.7. The van der Waals surface area contributed by atoms with Crippen molar-refractivity contribution in [2.24, 2.45) is 0 Å². The van der Waals surface area contributed by atoms with E-state index >= 15 is 0 Å². The molecule has 0 aliphatic carbocycles. The van der Waals surface area contributed by atoms with E-state index in [-0.39, 0.29) is 31.1 Å². The van der Waals surface area contributed by atoms with Gasteiger partial charge in [0, 0.05) is 19.3 Å². The number of carbonyl (C=O) groups excluding carboxylic acids is 3. The van der Waals surface area contributed by atoms with E-state index < -0.39 is 6.10 Å². The van der Waals surface area contributed by atoms with Gasteiger partial charge in [0.15, 0.2) is 6.10 Å². The van der Waals surface area contributed by atoms with Gasteiger partial charge in [-0.2, -0.15) is 0 Å². The van der Waals surface area contributed by atoms with Crippen LogP contribution >= 0.6 is 0 Å². The third-order valence-electron chi connectivity index (χ3n) is 14.0. The first kappa shape index (κ1) is 73.3. The van der Waals surface area contributed by atoms with Crippen molar-refractivity contribution < 1.29 is 28.6 Å². The number of hydrogen-bond donors (Lipinski definition) is 0. The van der Waals surface area contributed by atoms with E-state index in [1.807, 2.05) is 0 Å². The first-order valence-corrected chi connectivity index (χ1v) is 32.7. The lowest BCUT2D eigenvalue weighted by molar-refractivity contribution is -0.167. The lowest BCUT2D eigenvalue weighted by atomic mass is 10.1. The fourth-order valence-corrected chi connectivity index (χ4v) is 9.14. The SMILES string of the molecule is CC/C=C\C/C=C\C/C=C\C/C=C\C/C=C\CCCCCCCCCCCC(=O)OCC(COC(=O)CCCCCCC/C=C\C/C=C\CCCCCC)OC(=O)CCCCCCCCC/C=C\CCCCCCCCC. The van der Waals surface area contributed by atoms with Crippen LogP contribution in [-0.4, -0.2) is 37.2 Å². The van der Waals surface area contributed by atoms with E-state index in [4.69, 9.17) is 14.2 Å². The van der Waals surface area contributed by atoms with E-state index in [2.05, 4.69) is 118 Å². The molecule has 0 aliphatic heterocycles. The number of ether oxygens (including phenoxy) is 3. The van der Waals surface area contributed by atoms with Crippen molar-refractivity contribution in [3.05, 3.63) is 97.2 Å². The molecule has 0 aromatic carbocycles. The maximum Gasteiger partial charge on any atom is 0.306 e. The second-order valence-corrected chi connectivity index (χ2v) is 21.6. The van der Waals surface area contributed by atoms with Crippen LogP contribution in [0.25, 0.3) is 0 Å². The lowest BCUT2D eigenvalue weighted by Crippen LogP contribution is -2.30. The summed E-state index contributed by atoms with van der Waals surface area (Å²) in [5.74, 6) is -0.899. The van der Waals surface area contributed by atoms with Crippen LogP contribution in [0.5, 0.6) is 0 Å². The molecule has 0 heterocycles. The molecule has 0 fully saturated rings. The van der Waals surface area contributed by atoms with Gasteiger partial charge in [-0.05, 0) is 122 Å². The summed E-state index contributed by atoms with van der Waals surface area (Å²) in [6.45, 7) is 6.52. The van der Waals surface area contributed by atoms with Gasteiger partial charge >= 0.3 is 17.9 Å². The van der Waals surface area contributed by atoms with E-state index in [1.54, 1.807) is 0 Å². The number of hydrogen-bond acceptors (Lipinski definition) is 6. The Kier molecular flexibility index (Phi) is 61.8. The summed E-state index contributed by atoms with van der Waals surface area (Å²) in [4.78, 5) is 38.4. The summed E-state index contributed by atoms with van der Waals surface area (Å²) in [5.41, 5.74) is 0. The Morgan fingerprint density at radius 1 is 0.273 bits per heavy atom. The van der Waals surface area contributed by atoms with Crippen LogP contribution in [0, 0.1) is 0 Å². The fourth-order valence-electron chi connectivity index (χ4n) is 9.14. The van der Waals surface area contributed by atoms with E-state index in [1.165, 1.54) is 161 Å². The van der Waals surface area contributed by atoms with Gasteiger partial charge in [-0.1, -0.05) is 272 Å². The highest BCUT2D eigenvalue weighted by molar-refractivity contribution is 5.71. The molecule has 0 aliphatic rings. The summed E-state index contributed by atoms with van der Waals surface area (Å²) in [5, 5.41) is 0. The van der Waals surface area contributed by atoms with Crippen molar-refractivity contribution in [1.29, 1.82) is 0 Å². The van der Waals surface area contributed by atoms with Crippen molar-refractivity contribution in [2.45, 2.75) is 322 Å². The Bertz CT molecular complexity index is 1510. The molecular formula is C71H122O6. The van der Waals surface area contributed by atoms with Crippen LogP contribution < -0.4 is 0 Å². The smallest absolute Gasteiger partial charge is 0.306 e. The maximum absolute atomic E-state index is 12.9. The highest BCUT2D eigenvalue weighted by Crippen LogP contribution is 2.16. The molecule has 0 aromatic heterocycles. The summed E-state index contributed by atoms with van der Waals surface area (Å²) in [6.07, 6.45) is 86.9. The zero-order chi connectivity index (χ0) is 55.7. The summed E-state index contributed by atoms with van der Waals surface area (Å²) >= 11 is 0. The first-order valence-electron chi connectivity index (χ1n) is 32.7. The molecule has 6 heteroatoms. The minimum Gasteiger partial charge on any atom is -0.462 e. The second kappa shape index (κ2) is 64.9. The molecule has 77 heavy (non-hydrogen) atoms. The molecule has 1 atom stereocenters. The second-order valence-electron chi connectivity index (χ2n) is 21.6. The molecular weight excluding hydrogens is 949 g/mol. The van der Waals surface area contributed by atoms with E-state index in [0.717, 1.165) is 116 Å². The van der Waals surface area contributed by atoms with Gasteiger partial charge < -0.3 is 14.2 Å². The summed E-state index contributed by atoms with van der Waals surface area (Å²) in [6, 6.07) is 0. The van der Waals surface area contributed by atoms with Gasteiger partial charge in [-0.25, -0.2) is 0 Å². The average molecular weight is 1070 g/mol. The van der Waals surface area contributed by atoms with Crippen LogP contribution in [0.2, 0.25) is 0 Å². The topological polar surface area (TPSA) is 78.9 Å². The summed E-state index contributed by atoms with van der Waals surface area (Å²) in [7, 11) is 0. The monoisotopic (exact) mass is 1070 g/mol. The number of esters is 3. The Balaban J connectivity index is 4.38. The standard InChI is InChI=1S/C71H122O6/c1-4-7-10-13-16-19-22-25-28-31-33-34-35-36-37-38-39-41-43-46-49-52-55-58-61-64-70(73)76-67-68(66-75-69(72)63-60-57-54-51-48-45-42-30-27-24-21-18-15-12-9-6-3)77-71(74)65-62-59-56-53-50-47-44-40-32-29-26-23-20-17-14-11-8-5-2/h7,10,16,19,21,24-25,28-30,32-34,36-37,42,68H,4-6,8-9,11-15,17-18,20,22-23,26-27,31,35,38-41,43-67H2,1-3H3/b10-7-,19-16-,24-21-,28-25-,32-29-,34-33-,37-36-,42-30-. The van der Waals surface area contributed by atoms with Gasteiger partial charge in [0.05, 0.1) is 0 Å². The summed E-state index contributed by atoms with van der Waals surface area (Å²) < 4.78 is 16.9. The fraction of sp³-hybridized carbons (Fsp3) is 0.732. The predicted octanol–water partition coefficient (Wildman–Crippen LogP) is 22.4. The molecule has 0 saturated heterocycles. The number of carbonyl (C=O) groups is 3. The third kappa shape index (κ3) is 63.0. The van der Waals surface area contributed by atoms with Gasteiger partial charge in [0.1, 0.15) is 13.2 Å². The van der Waals surface area contributed by atoms with Gasteiger partial charge in [0.25, 0.3) is 0 Å².